The molecule has 1 aromatic heterocycles. The molecule has 116 valence electrons. The molecule has 8 heteroatoms. The zero-order chi connectivity index (χ0) is 15.1. The van der Waals surface area contributed by atoms with Gasteiger partial charge in [-0.3, -0.25) is 9.69 Å². The molecule has 8 nitrogen and oxygen atoms in total. The van der Waals surface area contributed by atoms with Crippen LogP contribution in [-0.2, 0) is 16.0 Å². The molecule has 0 aromatic carbocycles. The second-order valence-electron chi connectivity index (χ2n) is 5.12. The lowest BCUT2D eigenvalue weighted by Gasteiger charge is -2.20. The number of hydrogen-bond donors (Lipinski definition) is 4. The summed E-state index contributed by atoms with van der Waals surface area (Å²) >= 11 is 0. The predicted molar refractivity (Wildman–Crippen MR) is 75.8 cm³/mol. The Balaban J connectivity index is 1.84. The molecule has 0 spiro atoms. The van der Waals surface area contributed by atoms with Crippen molar-refractivity contribution in [2.75, 3.05) is 32.7 Å². The lowest BCUT2D eigenvalue weighted by molar-refractivity contribution is -0.142. The van der Waals surface area contributed by atoms with Crippen molar-refractivity contribution in [2.24, 2.45) is 0 Å². The van der Waals surface area contributed by atoms with Gasteiger partial charge in [-0.2, -0.15) is 0 Å². The Hall–Kier alpha value is -1.93. The van der Waals surface area contributed by atoms with E-state index in [9.17, 15) is 14.7 Å². The smallest absolute Gasteiger partial charge is 0.326 e. The molecule has 1 atom stereocenters. The number of nitrogens with one attached hydrogen (secondary N) is 3. The molecular weight excluding hydrogens is 274 g/mol. The summed E-state index contributed by atoms with van der Waals surface area (Å²) in [6.07, 6.45) is 4.23. The van der Waals surface area contributed by atoms with Gasteiger partial charge in [0.15, 0.2) is 0 Å². The number of hydrogen-bond acceptors (Lipinski definition) is 5. The highest BCUT2D eigenvalue weighted by Crippen LogP contribution is 2.00. The molecular formula is C13H21N5O3. The summed E-state index contributed by atoms with van der Waals surface area (Å²) in [7, 11) is 0. The minimum absolute atomic E-state index is 0.197. The number of imidazole rings is 1. The molecule has 21 heavy (non-hydrogen) atoms. The van der Waals surface area contributed by atoms with Crippen LogP contribution in [0.25, 0.3) is 0 Å². The summed E-state index contributed by atoms with van der Waals surface area (Å²) in [6, 6.07) is -0.942. The van der Waals surface area contributed by atoms with Gasteiger partial charge in [0.25, 0.3) is 0 Å². The molecule has 1 aliphatic rings. The Morgan fingerprint density at radius 2 is 2.29 bits per heavy atom. The quantitative estimate of drug-likeness (QED) is 0.526. The van der Waals surface area contributed by atoms with Crippen molar-refractivity contribution in [3.05, 3.63) is 18.2 Å². The normalized spacial score (nSPS) is 17.9. The molecule has 2 heterocycles. The minimum atomic E-state index is -1.05. The van der Waals surface area contributed by atoms with Gasteiger partial charge in [-0.05, 0) is 19.5 Å². The largest absolute Gasteiger partial charge is 0.480 e. The highest BCUT2D eigenvalue weighted by Gasteiger charge is 2.22. The molecule has 1 saturated heterocycles. The molecule has 1 amide bonds. The molecule has 0 aliphatic carbocycles. The Labute approximate surface area is 122 Å². The lowest BCUT2D eigenvalue weighted by atomic mass is 10.1. The highest BCUT2D eigenvalue weighted by molar-refractivity contribution is 5.84. The van der Waals surface area contributed by atoms with Crippen molar-refractivity contribution in [1.29, 1.82) is 0 Å². The number of rotatable bonds is 6. The number of aliphatic carboxylic acids is 1. The van der Waals surface area contributed by atoms with Crippen LogP contribution >= 0.6 is 0 Å². The second-order valence-corrected chi connectivity index (χ2v) is 5.12. The zero-order valence-electron chi connectivity index (χ0n) is 11.8. The van der Waals surface area contributed by atoms with Gasteiger partial charge in [0.05, 0.1) is 12.9 Å². The number of carbonyl (C=O) groups excluding carboxylic acids is 1. The topological polar surface area (TPSA) is 110 Å². The summed E-state index contributed by atoms with van der Waals surface area (Å²) in [5, 5.41) is 15.0. The molecule has 0 saturated carbocycles. The summed E-state index contributed by atoms with van der Waals surface area (Å²) in [4.78, 5) is 32.0. The van der Waals surface area contributed by atoms with Gasteiger partial charge >= 0.3 is 5.97 Å². The van der Waals surface area contributed by atoms with E-state index >= 15 is 0 Å². The number of carbonyl (C=O) groups is 2. The molecule has 4 N–H and O–H groups in total. The van der Waals surface area contributed by atoms with E-state index in [0.717, 1.165) is 32.6 Å². The van der Waals surface area contributed by atoms with Gasteiger partial charge in [0, 0.05) is 31.4 Å². The number of carboxylic acids is 1. The van der Waals surface area contributed by atoms with E-state index < -0.39 is 12.0 Å². The molecule has 0 unspecified atom stereocenters. The van der Waals surface area contributed by atoms with E-state index in [0.29, 0.717) is 5.69 Å². The SMILES string of the molecule is O=C(CN1CCCNCC1)N[C@H](Cc1cnc[nH]1)C(=O)O. The number of nitrogens with zero attached hydrogens (tertiary/aromatic N) is 2. The molecule has 2 rings (SSSR count). The average Bonchev–Trinajstić information content (AvgIpc) is 2.81. The highest BCUT2D eigenvalue weighted by atomic mass is 16.4. The van der Waals surface area contributed by atoms with Crippen molar-refractivity contribution in [2.45, 2.75) is 18.9 Å². The van der Waals surface area contributed by atoms with Gasteiger partial charge in [0.2, 0.25) is 5.91 Å². The van der Waals surface area contributed by atoms with Crippen LogP contribution in [0.4, 0.5) is 0 Å². The van der Waals surface area contributed by atoms with Crippen LogP contribution in [0.2, 0.25) is 0 Å². The maximum Gasteiger partial charge on any atom is 0.326 e. The molecule has 0 radical (unpaired) electrons. The van der Waals surface area contributed by atoms with Crippen LogP contribution in [0.1, 0.15) is 12.1 Å². The first kappa shape index (κ1) is 15.5. The van der Waals surface area contributed by atoms with E-state index in [1.54, 1.807) is 6.20 Å². The van der Waals surface area contributed by atoms with E-state index in [1.165, 1.54) is 6.33 Å². The summed E-state index contributed by atoms with van der Waals surface area (Å²) in [5.74, 6) is -1.31. The van der Waals surface area contributed by atoms with Crippen molar-refractivity contribution in [1.82, 2.24) is 25.5 Å². The fourth-order valence-corrected chi connectivity index (χ4v) is 2.32. The van der Waals surface area contributed by atoms with E-state index in [-0.39, 0.29) is 18.9 Å². The standard InChI is InChI=1S/C13H21N5O3/c19-12(8-18-4-1-2-14-3-5-18)17-11(13(20)21)6-10-7-15-9-16-10/h7,9,11,14H,1-6,8H2,(H,15,16)(H,17,19)(H,20,21)/t11-/m1/s1. The monoisotopic (exact) mass is 295 g/mol. The fraction of sp³-hybridized carbons (Fsp3) is 0.615. The lowest BCUT2D eigenvalue weighted by Crippen LogP contribution is -2.47. The number of aromatic amines is 1. The Kier molecular flexibility index (Phi) is 5.70. The Morgan fingerprint density at radius 1 is 1.43 bits per heavy atom. The maximum absolute atomic E-state index is 12.0. The summed E-state index contributed by atoms with van der Waals surface area (Å²) in [6.45, 7) is 3.68. The number of amides is 1. The van der Waals surface area contributed by atoms with E-state index in [1.807, 2.05) is 4.90 Å². The Morgan fingerprint density at radius 3 is 3.00 bits per heavy atom. The molecule has 1 aromatic rings. The van der Waals surface area contributed by atoms with Crippen LogP contribution < -0.4 is 10.6 Å². The first-order chi connectivity index (χ1) is 10.1. The van der Waals surface area contributed by atoms with Gasteiger partial charge in [-0.1, -0.05) is 0 Å². The first-order valence-corrected chi connectivity index (χ1v) is 7.07. The number of aromatic nitrogens is 2. The fourth-order valence-electron chi connectivity index (χ4n) is 2.32. The van der Waals surface area contributed by atoms with Crippen molar-refractivity contribution in [3.8, 4) is 0 Å². The minimum Gasteiger partial charge on any atom is -0.480 e. The van der Waals surface area contributed by atoms with Crippen molar-refractivity contribution in [3.63, 3.8) is 0 Å². The van der Waals surface area contributed by atoms with Gasteiger partial charge in [0.1, 0.15) is 6.04 Å². The average molecular weight is 295 g/mol. The van der Waals surface area contributed by atoms with Gasteiger partial charge < -0.3 is 20.7 Å². The van der Waals surface area contributed by atoms with Gasteiger partial charge in [-0.15, -0.1) is 0 Å². The number of carboxylic acid groups (broad SMARTS) is 1. The third-order valence-corrected chi connectivity index (χ3v) is 3.41. The van der Waals surface area contributed by atoms with Crippen LogP contribution in [-0.4, -0.2) is 70.6 Å². The molecule has 1 aliphatic heterocycles. The molecule has 0 bridgehead atoms. The summed E-state index contributed by atoms with van der Waals surface area (Å²) in [5.41, 5.74) is 0.682. The van der Waals surface area contributed by atoms with Crippen LogP contribution in [0.3, 0.4) is 0 Å². The van der Waals surface area contributed by atoms with Crippen molar-refractivity contribution >= 4 is 11.9 Å². The van der Waals surface area contributed by atoms with E-state index in [2.05, 4.69) is 20.6 Å². The third kappa shape index (κ3) is 5.16. The maximum atomic E-state index is 12.0. The van der Waals surface area contributed by atoms with Crippen LogP contribution in [0.5, 0.6) is 0 Å². The third-order valence-electron chi connectivity index (χ3n) is 3.41. The Bertz CT molecular complexity index is 454. The summed E-state index contributed by atoms with van der Waals surface area (Å²) < 4.78 is 0. The predicted octanol–water partition coefficient (Wildman–Crippen LogP) is -1.18. The van der Waals surface area contributed by atoms with Crippen LogP contribution in [0, 0.1) is 0 Å². The van der Waals surface area contributed by atoms with Gasteiger partial charge in [-0.25, -0.2) is 9.78 Å². The number of H-pyrrole nitrogens is 1. The molecule has 1 fully saturated rings. The first-order valence-electron chi connectivity index (χ1n) is 7.07. The zero-order valence-corrected chi connectivity index (χ0v) is 11.8. The van der Waals surface area contributed by atoms with Crippen LogP contribution in [0.15, 0.2) is 12.5 Å². The second kappa shape index (κ2) is 7.75. The van der Waals surface area contributed by atoms with E-state index in [4.69, 9.17) is 0 Å². The van der Waals surface area contributed by atoms with Crippen molar-refractivity contribution < 1.29 is 14.7 Å².